The number of aryl methyl sites for hydroxylation is 1. The molecule has 1 aliphatic heterocycles. The van der Waals surface area contributed by atoms with Crippen molar-refractivity contribution in [2.75, 3.05) is 24.5 Å². The number of nitrogens with zero attached hydrogens (tertiary/aromatic N) is 5. The Bertz CT molecular complexity index is 592. The Balaban J connectivity index is 1.36. The number of nitrogens with one attached hydrogen (secondary N) is 1. The smallest absolute Gasteiger partial charge is 0.225 e. The highest BCUT2D eigenvalue weighted by molar-refractivity contribution is 5.78. The van der Waals surface area contributed by atoms with Gasteiger partial charge in [0, 0.05) is 56.9 Å². The van der Waals surface area contributed by atoms with Crippen LogP contribution in [-0.4, -0.2) is 45.1 Å². The minimum atomic E-state index is 0.100. The van der Waals surface area contributed by atoms with Gasteiger partial charge in [-0.15, -0.1) is 0 Å². The lowest BCUT2D eigenvalue weighted by molar-refractivity contribution is -0.125. The van der Waals surface area contributed by atoms with Gasteiger partial charge in [-0.05, 0) is 25.3 Å². The van der Waals surface area contributed by atoms with Crippen molar-refractivity contribution < 1.29 is 4.79 Å². The summed E-state index contributed by atoms with van der Waals surface area (Å²) in [7, 11) is 0. The number of imidazole rings is 1. The molecule has 7 heteroatoms. The lowest BCUT2D eigenvalue weighted by Crippen LogP contribution is -2.41. The molecule has 1 saturated heterocycles. The number of carbonyl (C=O) groups is 1. The summed E-state index contributed by atoms with van der Waals surface area (Å²) in [6, 6.07) is 1.81. The van der Waals surface area contributed by atoms with Crippen molar-refractivity contribution in [1.29, 1.82) is 0 Å². The van der Waals surface area contributed by atoms with E-state index >= 15 is 0 Å². The maximum atomic E-state index is 12.2. The number of hydrogen-bond acceptors (Lipinski definition) is 5. The first kappa shape index (κ1) is 15.5. The van der Waals surface area contributed by atoms with Gasteiger partial charge in [-0.3, -0.25) is 4.79 Å². The fourth-order valence-corrected chi connectivity index (χ4v) is 2.83. The largest absolute Gasteiger partial charge is 0.356 e. The van der Waals surface area contributed by atoms with E-state index < -0.39 is 0 Å². The molecule has 1 amide bonds. The first-order valence-corrected chi connectivity index (χ1v) is 8.08. The van der Waals surface area contributed by atoms with Crippen LogP contribution in [0.4, 0.5) is 5.95 Å². The zero-order chi connectivity index (χ0) is 15.9. The zero-order valence-electron chi connectivity index (χ0n) is 13.1. The average Bonchev–Trinajstić information content (AvgIpc) is 3.13. The number of carbonyl (C=O) groups excluding carboxylic acids is 1. The van der Waals surface area contributed by atoms with Gasteiger partial charge in [-0.2, -0.15) is 0 Å². The zero-order valence-corrected chi connectivity index (χ0v) is 13.1. The highest BCUT2D eigenvalue weighted by Crippen LogP contribution is 2.20. The number of rotatable bonds is 6. The topological polar surface area (TPSA) is 75.9 Å². The van der Waals surface area contributed by atoms with Crippen LogP contribution >= 0.6 is 0 Å². The summed E-state index contributed by atoms with van der Waals surface area (Å²) in [5, 5.41) is 3.05. The molecule has 1 aliphatic rings. The fraction of sp³-hybridized carbons (Fsp3) is 0.500. The summed E-state index contributed by atoms with van der Waals surface area (Å²) >= 11 is 0. The van der Waals surface area contributed by atoms with E-state index in [2.05, 4.69) is 25.2 Å². The maximum Gasteiger partial charge on any atom is 0.225 e. The van der Waals surface area contributed by atoms with Gasteiger partial charge in [0.25, 0.3) is 0 Å². The summed E-state index contributed by atoms with van der Waals surface area (Å²) in [4.78, 5) is 26.9. The van der Waals surface area contributed by atoms with Crippen LogP contribution in [0.2, 0.25) is 0 Å². The van der Waals surface area contributed by atoms with Crippen molar-refractivity contribution in [2.45, 2.75) is 25.8 Å². The highest BCUT2D eigenvalue weighted by atomic mass is 16.1. The average molecular weight is 314 g/mol. The summed E-state index contributed by atoms with van der Waals surface area (Å²) in [6.07, 6.45) is 11.6. The van der Waals surface area contributed by atoms with Gasteiger partial charge in [0.2, 0.25) is 11.9 Å². The monoisotopic (exact) mass is 314 g/mol. The first-order chi connectivity index (χ1) is 11.3. The summed E-state index contributed by atoms with van der Waals surface area (Å²) < 4.78 is 2.02. The van der Waals surface area contributed by atoms with Gasteiger partial charge in [-0.25, -0.2) is 15.0 Å². The molecule has 122 valence electrons. The summed E-state index contributed by atoms with van der Waals surface area (Å²) in [6.45, 7) is 3.25. The van der Waals surface area contributed by atoms with Crippen LogP contribution in [0.15, 0.2) is 37.2 Å². The van der Waals surface area contributed by atoms with Crippen LogP contribution in [0.3, 0.4) is 0 Å². The third kappa shape index (κ3) is 4.28. The molecule has 0 aromatic carbocycles. The lowest BCUT2D eigenvalue weighted by Gasteiger charge is -2.31. The van der Waals surface area contributed by atoms with E-state index in [1.807, 2.05) is 16.8 Å². The molecule has 2 aromatic heterocycles. The van der Waals surface area contributed by atoms with Crippen molar-refractivity contribution in [3.05, 3.63) is 37.2 Å². The number of aromatic nitrogens is 4. The summed E-state index contributed by atoms with van der Waals surface area (Å²) in [5.74, 6) is 1.03. The minimum Gasteiger partial charge on any atom is -0.356 e. The van der Waals surface area contributed by atoms with Crippen LogP contribution in [0.5, 0.6) is 0 Å². The molecule has 0 unspecified atom stereocenters. The molecule has 1 N–H and O–H groups in total. The molecule has 7 nitrogen and oxygen atoms in total. The van der Waals surface area contributed by atoms with Crippen molar-refractivity contribution in [3.8, 4) is 0 Å². The van der Waals surface area contributed by atoms with Gasteiger partial charge >= 0.3 is 0 Å². The Morgan fingerprint density at radius 2 is 2.00 bits per heavy atom. The Kier molecular flexibility index (Phi) is 5.18. The van der Waals surface area contributed by atoms with Gasteiger partial charge in [0.05, 0.1) is 6.33 Å². The van der Waals surface area contributed by atoms with Crippen molar-refractivity contribution >= 4 is 11.9 Å². The lowest BCUT2D eigenvalue weighted by atomic mass is 9.96. The molecular formula is C16H22N6O. The molecule has 1 fully saturated rings. The van der Waals surface area contributed by atoms with Crippen molar-refractivity contribution in [3.63, 3.8) is 0 Å². The normalized spacial score (nSPS) is 15.6. The number of anilines is 1. The Morgan fingerprint density at radius 1 is 1.22 bits per heavy atom. The fourth-order valence-electron chi connectivity index (χ4n) is 2.83. The molecule has 23 heavy (non-hydrogen) atoms. The maximum absolute atomic E-state index is 12.2. The summed E-state index contributed by atoms with van der Waals surface area (Å²) in [5.41, 5.74) is 0. The van der Waals surface area contributed by atoms with E-state index in [0.717, 1.165) is 44.8 Å². The van der Waals surface area contributed by atoms with Crippen molar-refractivity contribution in [2.24, 2.45) is 5.92 Å². The third-order valence-electron chi connectivity index (χ3n) is 4.15. The Morgan fingerprint density at radius 3 is 2.70 bits per heavy atom. The van der Waals surface area contributed by atoms with Gasteiger partial charge in [-0.1, -0.05) is 0 Å². The standard InChI is InChI=1S/C16H22N6O/c23-15(18-7-2-9-21-12-8-17-13-21)14-3-10-22(11-4-14)16-19-5-1-6-20-16/h1,5-6,8,12-14H,2-4,7,9-11H2,(H,18,23). The van der Waals surface area contributed by atoms with E-state index in [1.165, 1.54) is 0 Å². The van der Waals surface area contributed by atoms with E-state index in [-0.39, 0.29) is 11.8 Å². The molecule has 3 heterocycles. The van der Waals surface area contributed by atoms with E-state index in [0.29, 0.717) is 6.54 Å². The van der Waals surface area contributed by atoms with Gasteiger partial charge < -0.3 is 14.8 Å². The molecule has 0 saturated carbocycles. The molecule has 0 atom stereocenters. The van der Waals surface area contributed by atoms with E-state index in [9.17, 15) is 4.79 Å². The quantitative estimate of drug-likeness (QED) is 0.808. The minimum absolute atomic E-state index is 0.100. The first-order valence-electron chi connectivity index (χ1n) is 8.08. The van der Waals surface area contributed by atoms with Gasteiger partial charge in [0.1, 0.15) is 0 Å². The van der Waals surface area contributed by atoms with Gasteiger partial charge in [0.15, 0.2) is 0 Å². The number of piperidine rings is 1. The molecular weight excluding hydrogens is 292 g/mol. The molecule has 0 aliphatic carbocycles. The second-order valence-corrected chi connectivity index (χ2v) is 5.76. The Hall–Kier alpha value is -2.44. The van der Waals surface area contributed by atoms with E-state index in [1.54, 1.807) is 24.9 Å². The van der Waals surface area contributed by atoms with Crippen LogP contribution < -0.4 is 10.2 Å². The van der Waals surface area contributed by atoms with Crippen LogP contribution in [0.1, 0.15) is 19.3 Å². The number of hydrogen-bond donors (Lipinski definition) is 1. The van der Waals surface area contributed by atoms with Crippen molar-refractivity contribution in [1.82, 2.24) is 24.8 Å². The van der Waals surface area contributed by atoms with Crippen LogP contribution in [0.25, 0.3) is 0 Å². The second-order valence-electron chi connectivity index (χ2n) is 5.76. The third-order valence-corrected chi connectivity index (χ3v) is 4.15. The molecule has 2 aromatic rings. The molecule has 0 spiro atoms. The molecule has 0 radical (unpaired) electrons. The second kappa shape index (κ2) is 7.71. The predicted molar refractivity (Wildman–Crippen MR) is 86.8 cm³/mol. The molecule has 0 bridgehead atoms. The number of amides is 1. The van der Waals surface area contributed by atoms with E-state index in [4.69, 9.17) is 0 Å². The predicted octanol–water partition coefficient (Wildman–Crippen LogP) is 1.10. The molecule has 3 rings (SSSR count). The highest BCUT2D eigenvalue weighted by Gasteiger charge is 2.25. The van der Waals surface area contributed by atoms with Crippen LogP contribution in [0, 0.1) is 5.92 Å². The van der Waals surface area contributed by atoms with Crippen LogP contribution in [-0.2, 0) is 11.3 Å². The Labute approximate surface area is 135 Å². The SMILES string of the molecule is O=C(NCCCn1ccnc1)C1CCN(c2ncccn2)CC1.